The lowest BCUT2D eigenvalue weighted by molar-refractivity contribution is -0.142. The van der Waals surface area contributed by atoms with E-state index in [4.69, 9.17) is 16.3 Å². The van der Waals surface area contributed by atoms with Crippen LogP contribution in [0.5, 0.6) is 0 Å². The van der Waals surface area contributed by atoms with E-state index in [9.17, 15) is 4.79 Å². The van der Waals surface area contributed by atoms with Gasteiger partial charge in [0.25, 0.3) is 0 Å². The van der Waals surface area contributed by atoms with E-state index >= 15 is 0 Å². The van der Waals surface area contributed by atoms with Crippen LogP contribution in [0, 0.1) is 13.8 Å². The maximum Gasteiger partial charge on any atom is 0.302 e. The molecule has 76 valence electrons. The molecule has 0 bridgehead atoms. The molecule has 0 N–H and O–H groups in total. The summed E-state index contributed by atoms with van der Waals surface area (Å²) in [5.41, 5.74) is 2.99. The van der Waals surface area contributed by atoms with Gasteiger partial charge >= 0.3 is 5.97 Å². The summed E-state index contributed by atoms with van der Waals surface area (Å²) in [6.07, 6.45) is 0. The van der Waals surface area contributed by atoms with E-state index in [1.165, 1.54) is 6.92 Å². The topological polar surface area (TPSA) is 26.3 Å². The van der Waals surface area contributed by atoms with E-state index in [-0.39, 0.29) is 12.6 Å². The summed E-state index contributed by atoms with van der Waals surface area (Å²) in [4.78, 5) is 10.6. The van der Waals surface area contributed by atoms with Crippen LogP contribution in [-0.2, 0) is 16.1 Å². The van der Waals surface area contributed by atoms with Crippen LogP contribution in [0.25, 0.3) is 0 Å². The first-order valence-corrected chi connectivity index (χ1v) is 4.77. The number of esters is 1. The van der Waals surface area contributed by atoms with Crippen molar-refractivity contribution in [1.82, 2.24) is 0 Å². The number of hydrogen-bond donors (Lipinski definition) is 0. The highest BCUT2D eigenvalue weighted by Gasteiger charge is 2.05. The lowest BCUT2D eigenvalue weighted by Gasteiger charge is -2.08. The summed E-state index contributed by atoms with van der Waals surface area (Å²) in [6, 6.07) is 3.93. The number of carbonyl (C=O) groups is 1. The van der Waals surface area contributed by atoms with Gasteiger partial charge in [0.2, 0.25) is 0 Å². The van der Waals surface area contributed by atoms with E-state index in [2.05, 4.69) is 0 Å². The van der Waals surface area contributed by atoms with Gasteiger partial charge in [-0.15, -0.1) is 0 Å². The molecule has 0 fully saturated rings. The number of benzene rings is 1. The second kappa shape index (κ2) is 4.47. The number of aryl methyl sites for hydroxylation is 2. The summed E-state index contributed by atoms with van der Waals surface area (Å²) in [5.74, 6) is -0.291. The number of ether oxygens (including phenoxy) is 1. The Labute approximate surface area is 88.8 Å². The molecule has 0 aromatic heterocycles. The Kier molecular flexibility index (Phi) is 3.53. The zero-order valence-corrected chi connectivity index (χ0v) is 9.31. The summed E-state index contributed by atoms with van der Waals surface area (Å²) in [7, 11) is 0. The Morgan fingerprint density at radius 2 is 2.07 bits per heavy atom. The summed E-state index contributed by atoms with van der Waals surface area (Å²) < 4.78 is 4.90. The third-order valence-corrected chi connectivity index (χ3v) is 2.45. The first-order chi connectivity index (χ1) is 6.50. The molecule has 14 heavy (non-hydrogen) atoms. The summed E-state index contributed by atoms with van der Waals surface area (Å²) in [6.45, 7) is 5.56. The molecule has 0 saturated heterocycles. The fraction of sp³-hybridized carbons (Fsp3) is 0.364. The van der Waals surface area contributed by atoms with Crippen molar-refractivity contribution in [3.8, 4) is 0 Å². The quantitative estimate of drug-likeness (QED) is 0.705. The normalized spacial score (nSPS) is 10.0. The number of rotatable bonds is 2. The van der Waals surface area contributed by atoms with Crippen LogP contribution in [0.15, 0.2) is 12.1 Å². The fourth-order valence-electron chi connectivity index (χ4n) is 1.32. The highest BCUT2D eigenvalue weighted by molar-refractivity contribution is 6.32. The maximum atomic E-state index is 10.6. The zero-order chi connectivity index (χ0) is 10.7. The van der Waals surface area contributed by atoms with Crippen molar-refractivity contribution in [2.45, 2.75) is 27.4 Å². The third-order valence-electron chi connectivity index (χ3n) is 1.91. The molecule has 0 saturated carbocycles. The minimum absolute atomic E-state index is 0.247. The molecule has 0 unspecified atom stereocenters. The molecule has 0 radical (unpaired) electrons. The predicted octanol–water partition coefficient (Wildman–Crippen LogP) is 3.02. The zero-order valence-electron chi connectivity index (χ0n) is 8.56. The summed E-state index contributed by atoms with van der Waals surface area (Å²) >= 11 is 6.06. The van der Waals surface area contributed by atoms with Gasteiger partial charge < -0.3 is 4.74 Å². The highest BCUT2D eigenvalue weighted by atomic mass is 35.5. The first-order valence-electron chi connectivity index (χ1n) is 4.39. The molecule has 1 rings (SSSR count). The Morgan fingerprint density at radius 3 is 2.64 bits per heavy atom. The Balaban J connectivity index is 2.90. The van der Waals surface area contributed by atoms with Gasteiger partial charge in [0.05, 0.1) is 5.02 Å². The second-order valence-corrected chi connectivity index (χ2v) is 3.71. The van der Waals surface area contributed by atoms with Crippen molar-refractivity contribution >= 4 is 17.6 Å². The average molecular weight is 213 g/mol. The molecular weight excluding hydrogens is 200 g/mol. The molecule has 0 amide bonds. The predicted molar refractivity (Wildman–Crippen MR) is 56.4 cm³/mol. The average Bonchev–Trinajstić information content (AvgIpc) is 2.08. The van der Waals surface area contributed by atoms with Crippen molar-refractivity contribution in [3.05, 3.63) is 33.8 Å². The van der Waals surface area contributed by atoms with Gasteiger partial charge in [-0.2, -0.15) is 0 Å². The Morgan fingerprint density at radius 1 is 1.43 bits per heavy atom. The lowest BCUT2D eigenvalue weighted by Crippen LogP contribution is -2.00. The van der Waals surface area contributed by atoms with Crippen LogP contribution in [0.2, 0.25) is 5.02 Å². The van der Waals surface area contributed by atoms with Crippen LogP contribution in [0.4, 0.5) is 0 Å². The molecule has 0 aliphatic carbocycles. The van der Waals surface area contributed by atoms with Crippen LogP contribution in [0.3, 0.4) is 0 Å². The number of carbonyl (C=O) groups excluding carboxylic acids is 1. The van der Waals surface area contributed by atoms with Crippen molar-refractivity contribution in [1.29, 1.82) is 0 Å². The van der Waals surface area contributed by atoms with E-state index < -0.39 is 0 Å². The molecule has 0 aliphatic rings. The van der Waals surface area contributed by atoms with Crippen molar-refractivity contribution in [2.24, 2.45) is 0 Å². The molecule has 0 spiro atoms. The molecule has 0 atom stereocenters. The van der Waals surface area contributed by atoms with Gasteiger partial charge in [0.1, 0.15) is 6.61 Å². The Hall–Kier alpha value is -1.02. The SMILES string of the molecule is CC(=O)OCc1cc(C)cc(C)c1Cl. The van der Waals surface area contributed by atoms with E-state index in [0.717, 1.165) is 16.7 Å². The van der Waals surface area contributed by atoms with Gasteiger partial charge in [-0.25, -0.2) is 0 Å². The van der Waals surface area contributed by atoms with Gasteiger partial charge in [-0.3, -0.25) is 4.79 Å². The second-order valence-electron chi connectivity index (χ2n) is 3.34. The minimum Gasteiger partial charge on any atom is -0.461 e. The molecule has 0 aliphatic heterocycles. The van der Waals surface area contributed by atoms with Crippen LogP contribution >= 0.6 is 11.6 Å². The van der Waals surface area contributed by atoms with E-state index in [1.54, 1.807) is 0 Å². The first kappa shape index (κ1) is 11.1. The van der Waals surface area contributed by atoms with Gasteiger partial charge in [0, 0.05) is 12.5 Å². The largest absolute Gasteiger partial charge is 0.461 e. The molecule has 1 aromatic carbocycles. The number of hydrogen-bond acceptors (Lipinski definition) is 2. The van der Waals surface area contributed by atoms with Gasteiger partial charge in [-0.05, 0) is 19.4 Å². The lowest BCUT2D eigenvalue weighted by atomic mass is 10.1. The van der Waals surface area contributed by atoms with Gasteiger partial charge in [0.15, 0.2) is 0 Å². The van der Waals surface area contributed by atoms with Crippen molar-refractivity contribution < 1.29 is 9.53 Å². The Bertz CT molecular complexity index is 359. The van der Waals surface area contributed by atoms with Crippen molar-refractivity contribution in [3.63, 3.8) is 0 Å². The van der Waals surface area contributed by atoms with Gasteiger partial charge in [-0.1, -0.05) is 29.3 Å². The smallest absolute Gasteiger partial charge is 0.302 e. The number of halogens is 1. The van der Waals surface area contributed by atoms with Crippen LogP contribution < -0.4 is 0 Å². The monoisotopic (exact) mass is 212 g/mol. The van der Waals surface area contributed by atoms with Crippen LogP contribution in [0.1, 0.15) is 23.6 Å². The molecule has 3 heteroatoms. The molecule has 1 aromatic rings. The van der Waals surface area contributed by atoms with Crippen LogP contribution in [-0.4, -0.2) is 5.97 Å². The molecular formula is C11H13ClO2. The highest BCUT2D eigenvalue weighted by Crippen LogP contribution is 2.23. The van der Waals surface area contributed by atoms with E-state index in [1.807, 2.05) is 26.0 Å². The maximum absolute atomic E-state index is 10.6. The fourth-order valence-corrected chi connectivity index (χ4v) is 1.49. The van der Waals surface area contributed by atoms with E-state index in [0.29, 0.717) is 5.02 Å². The standard InChI is InChI=1S/C11H13ClO2/c1-7-4-8(2)11(12)10(5-7)6-14-9(3)13/h4-5H,6H2,1-3H3. The minimum atomic E-state index is -0.291. The van der Waals surface area contributed by atoms with Crippen molar-refractivity contribution in [2.75, 3.05) is 0 Å². The third kappa shape index (κ3) is 2.74. The molecule has 0 heterocycles. The summed E-state index contributed by atoms with van der Waals surface area (Å²) in [5, 5.41) is 0.678. The molecule has 2 nitrogen and oxygen atoms in total.